The molecule has 0 spiro atoms. The molecule has 0 aliphatic heterocycles. The van der Waals surface area contributed by atoms with E-state index in [4.69, 9.17) is 17.3 Å². The number of amides is 2. The molecule has 8 nitrogen and oxygen atoms in total. The third-order valence-corrected chi connectivity index (χ3v) is 5.77. The number of hydrogen-bond donors (Lipinski definition) is 2. The number of hydrogen-bond acceptors (Lipinski definition) is 5. The molecular formula is C20H19ClN4O4S. The van der Waals surface area contributed by atoms with Crippen LogP contribution in [0.15, 0.2) is 72.1 Å². The summed E-state index contributed by atoms with van der Waals surface area (Å²) in [7, 11) is -3.35. The predicted octanol–water partition coefficient (Wildman–Crippen LogP) is 3.59. The fourth-order valence-corrected chi connectivity index (χ4v) is 3.64. The number of halogens is 1. The van der Waals surface area contributed by atoms with Gasteiger partial charge in [-0.05, 0) is 42.5 Å². The van der Waals surface area contributed by atoms with Crippen molar-refractivity contribution in [2.45, 2.75) is 10.9 Å². The number of hydroxylamine groups is 2. The van der Waals surface area contributed by atoms with Crippen LogP contribution in [0.1, 0.15) is 11.7 Å². The summed E-state index contributed by atoms with van der Waals surface area (Å²) in [5, 5.41) is 15.4. The minimum Gasteiger partial charge on any atom is -0.350 e. The van der Waals surface area contributed by atoms with E-state index in [1.165, 1.54) is 18.2 Å². The van der Waals surface area contributed by atoms with Gasteiger partial charge in [0.1, 0.15) is 6.04 Å². The van der Waals surface area contributed by atoms with Gasteiger partial charge in [-0.3, -0.25) is 5.21 Å². The number of carbonyl (C=O) groups excluding carboxylic acids is 1. The van der Waals surface area contributed by atoms with E-state index in [0.29, 0.717) is 27.2 Å². The van der Waals surface area contributed by atoms with Gasteiger partial charge < -0.3 is 5.73 Å². The average Bonchev–Trinajstić information content (AvgIpc) is 3.13. The Labute approximate surface area is 178 Å². The topological polar surface area (TPSA) is 119 Å². The molecule has 3 aromatic rings. The third-order valence-electron chi connectivity index (χ3n) is 4.39. The van der Waals surface area contributed by atoms with E-state index < -0.39 is 21.9 Å². The molecule has 3 N–H and O–H groups in total. The van der Waals surface area contributed by atoms with E-state index in [1.807, 2.05) is 0 Å². The fourth-order valence-electron chi connectivity index (χ4n) is 2.88. The molecule has 0 bridgehead atoms. The summed E-state index contributed by atoms with van der Waals surface area (Å²) in [6, 6.07) is 12.8. The van der Waals surface area contributed by atoms with E-state index >= 15 is 0 Å². The zero-order chi connectivity index (χ0) is 22.1. The lowest BCUT2D eigenvalue weighted by molar-refractivity contribution is -0.0634. The molecule has 0 saturated carbocycles. The van der Waals surface area contributed by atoms with Crippen molar-refractivity contribution >= 4 is 27.5 Å². The Kier molecular flexibility index (Phi) is 5.97. The molecule has 156 valence electrons. The SMILES string of the molecule is C=CC(c1cc(-c2ccc(Cl)cc2)n(-c2ccc(S(C)(=O)=O)cc2)n1)N(O)C(N)=O. The van der Waals surface area contributed by atoms with Crippen molar-refractivity contribution in [2.75, 3.05) is 6.26 Å². The Hall–Kier alpha value is -3.14. The Morgan fingerprint density at radius 1 is 1.23 bits per heavy atom. The summed E-state index contributed by atoms with van der Waals surface area (Å²) in [6.07, 6.45) is 2.46. The summed E-state index contributed by atoms with van der Waals surface area (Å²) in [5.74, 6) is 0. The van der Waals surface area contributed by atoms with E-state index in [2.05, 4.69) is 11.7 Å². The molecule has 0 radical (unpaired) electrons. The smallest absolute Gasteiger partial charge is 0.339 e. The highest BCUT2D eigenvalue weighted by atomic mass is 35.5. The van der Waals surface area contributed by atoms with Gasteiger partial charge in [0.2, 0.25) is 0 Å². The quantitative estimate of drug-likeness (QED) is 0.340. The Balaban J connectivity index is 2.17. The summed E-state index contributed by atoms with van der Waals surface area (Å²) >= 11 is 5.99. The van der Waals surface area contributed by atoms with Crippen LogP contribution in [0.3, 0.4) is 0 Å². The second kappa shape index (κ2) is 8.31. The van der Waals surface area contributed by atoms with Crippen LogP contribution in [0.25, 0.3) is 16.9 Å². The van der Waals surface area contributed by atoms with Gasteiger partial charge in [-0.2, -0.15) is 10.2 Å². The first-order valence-electron chi connectivity index (χ1n) is 8.68. The molecule has 0 aliphatic carbocycles. The Morgan fingerprint density at radius 3 is 2.33 bits per heavy atom. The van der Waals surface area contributed by atoms with Gasteiger partial charge in [0, 0.05) is 16.8 Å². The number of primary amides is 1. The standard InChI is InChI=1S/C20H19ClN4O4S/c1-3-18(25(27)20(22)26)17-12-19(13-4-6-14(21)7-5-13)24(23-17)15-8-10-16(11-9-15)30(2,28)29/h3-12,18,27H,1H2,2H3,(H2,22,26). The molecule has 1 atom stereocenters. The Bertz CT molecular complexity index is 1190. The molecule has 1 heterocycles. The highest BCUT2D eigenvalue weighted by Crippen LogP contribution is 2.30. The monoisotopic (exact) mass is 446 g/mol. The Morgan fingerprint density at radius 2 is 1.83 bits per heavy atom. The van der Waals surface area contributed by atoms with Crippen molar-refractivity contribution in [3.63, 3.8) is 0 Å². The maximum atomic E-state index is 11.7. The molecule has 10 heteroatoms. The molecule has 3 rings (SSSR count). The lowest BCUT2D eigenvalue weighted by atomic mass is 10.1. The molecule has 0 aliphatic rings. The van der Waals surface area contributed by atoms with Crippen LogP contribution in [0.2, 0.25) is 5.02 Å². The van der Waals surface area contributed by atoms with E-state index in [0.717, 1.165) is 11.8 Å². The number of sulfone groups is 1. The zero-order valence-electron chi connectivity index (χ0n) is 15.9. The highest BCUT2D eigenvalue weighted by molar-refractivity contribution is 7.90. The van der Waals surface area contributed by atoms with Gasteiger partial charge in [0.25, 0.3) is 0 Å². The van der Waals surface area contributed by atoms with Crippen LogP contribution in [-0.2, 0) is 9.84 Å². The van der Waals surface area contributed by atoms with Crippen molar-refractivity contribution in [1.82, 2.24) is 14.8 Å². The van der Waals surface area contributed by atoms with E-state index in [9.17, 15) is 18.4 Å². The van der Waals surface area contributed by atoms with Crippen molar-refractivity contribution in [2.24, 2.45) is 5.73 Å². The van der Waals surface area contributed by atoms with Gasteiger partial charge in [-0.25, -0.2) is 17.9 Å². The first-order valence-corrected chi connectivity index (χ1v) is 10.9. The van der Waals surface area contributed by atoms with Gasteiger partial charge in [-0.1, -0.05) is 29.8 Å². The number of urea groups is 1. The number of nitrogens with two attached hydrogens (primary N) is 1. The normalized spacial score (nSPS) is 12.4. The zero-order valence-corrected chi connectivity index (χ0v) is 17.5. The molecule has 2 amide bonds. The van der Waals surface area contributed by atoms with Crippen LogP contribution < -0.4 is 5.73 Å². The van der Waals surface area contributed by atoms with Crippen molar-refractivity contribution < 1.29 is 18.4 Å². The average molecular weight is 447 g/mol. The lowest BCUT2D eigenvalue weighted by Crippen LogP contribution is -2.35. The highest BCUT2D eigenvalue weighted by Gasteiger charge is 2.24. The summed E-state index contributed by atoms with van der Waals surface area (Å²) in [4.78, 5) is 11.6. The van der Waals surface area contributed by atoms with Gasteiger partial charge in [-0.15, -0.1) is 6.58 Å². The van der Waals surface area contributed by atoms with Crippen LogP contribution in [0, 0.1) is 0 Å². The lowest BCUT2D eigenvalue weighted by Gasteiger charge is -2.19. The minimum absolute atomic E-state index is 0.172. The van der Waals surface area contributed by atoms with Crippen LogP contribution >= 0.6 is 11.6 Å². The van der Waals surface area contributed by atoms with Crippen molar-refractivity contribution in [3.05, 3.63) is 78.0 Å². The third kappa shape index (κ3) is 4.38. The summed E-state index contributed by atoms with van der Waals surface area (Å²) in [5.41, 5.74) is 7.44. The second-order valence-corrected chi connectivity index (χ2v) is 8.95. The fraction of sp³-hybridized carbons (Fsp3) is 0.100. The first kappa shape index (κ1) is 21.6. The minimum atomic E-state index is -3.35. The molecular weight excluding hydrogens is 428 g/mol. The molecule has 2 aromatic carbocycles. The molecule has 1 unspecified atom stereocenters. The molecule has 1 aromatic heterocycles. The first-order chi connectivity index (χ1) is 14.1. The van der Waals surface area contributed by atoms with Gasteiger partial charge >= 0.3 is 6.03 Å². The maximum Gasteiger partial charge on any atom is 0.339 e. The largest absolute Gasteiger partial charge is 0.350 e. The second-order valence-electron chi connectivity index (χ2n) is 6.50. The number of benzene rings is 2. The predicted molar refractivity (Wildman–Crippen MR) is 113 cm³/mol. The summed E-state index contributed by atoms with van der Waals surface area (Å²) in [6.45, 7) is 3.63. The van der Waals surface area contributed by atoms with Crippen molar-refractivity contribution in [3.8, 4) is 16.9 Å². The van der Waals surface area contributed by atoms with Gasteiger partial charge in [0.15, 0.2) is 9.84 Å². The molecule has 0 fully saturated rings. The van der Waals surface area contributed by atoms with E-state index in [1.54, 1.807) is 47.1 Å². The maximum absolute atomic E-state index is 11.7. The van der Waals surface area contributed by atoms with Crippen LogP contribution in [0.5, 0.6) is 0 Å². The van der Waals surface area contributed by atoms with Crippen LogP contribution in [-0.4, -0.2) is 40.8 Å². The molecule has 30 heavy (non-hydrogen) atoms. The summed E-state index contributed by atoms with van der Waals surface area (Å²) < 4.78 is 25.1. The number of nitrogens with zero attached hydrogens (tertiary/aromatic N) is 3. The number of carbonyl (C=O) groups is 1. The van der Waals surface area contributed by atoms with Crippen LogP contribution in [0.4, 0.5) is 4.79 Å². The van der Waals surface area contributed by atoms with Crippen molar-refractivity contribution in [1.29, 1.82) is 0 Å². The number of aromatic nitrogens is 2. The number of rotatable bonds is 6. The van der Waals surface area contributed by atoms with E-state index in [-0.39, 0.29) is 4.90 Å². The molecule has 0 saturated heterocycles. The van der Waals surface area contributed by atoms with Gasteiger partial charge in [0.05, 0.1) is 22.0 Å².